The average molecular weight is 992 g/mol. The largest absolute Gasteiger partial charge is 0.462 e. The van der Waals surface area contributed by atoms with Gasteiger partial charge in [0.05, 0.1) is 0 Å². The Kier molecular flexibility index (Phi) is 56.8. The molecular weight excluding hydrogens is 877 g/mol. The van der Waals surface area contributed by atoms with E-state index in [4.69, 9.17) is 14.2 Å². The van der Waals surface area contributed by atoms with Crippen molar-refractivity contribution < 1.29 is 28.6 Å². The summed E-state index contributed by atoms with van der Waals surface area (Å²) in [4.78, 5) is 38.2. The van der Waals surface area contributed by atoms with Crippen LogP contribution < -0.4 is 0 Å². The normalized spacial score (nSPS) is 12.5. The van der Waals surface area contributed by atoms with Crippen LogP contribution >= 0.6 is 0 Å². The van der Waals surface area contributed by atoms with E-state index in [9.17, 15) is 14.4 Å². The summed E-state index contributed by atoms with van der Waals surface area (Å²) in [6.45, 7) is 6.51. The summed E-state index contributed by atoms with van der Waals surface area (Å²) in [6, 6.07) is 0. The van der Waals surface area contributed by atoms with Crippen molar-refractivity contribution in [3.63, 3.8) is 0 Å². The zero-order chi connectivity index (χ0) is 51.4. The van der Waals surface area contributed by atoms with Crippen molar-refractivity contribution in [2.75, 3.05) is 13.2 Å². The van der Waals surface area contributed by atoms with Gasteiger partial charge in [-0.05, 0) is 89.9 Å². The fourth-order valence-electron chi connectivity index (χ4n) is 8.64. The molecule has 71 heavy (non-hydrogen) atoms. The summed E-state index contributed by atoms with van der Waals surface area (Å²) in [6.07, 6.45) is 76.2. The molecule has 0 aromatic rings. The van der Waals surface area contributed by atoms with Gasteiger partial charge in [0.15, 0.2) is 6.10 Å². The molecule has 0 heterocycles. The summed E-state index contributed by atoms with van der Waals surface area (Å²) >= 11 is 0. The van der Waals surface area contributed by atoms with E-state index >= 15 is 0 Å². The van der Waals surface area contributed by atoms with Crippen LogP contribution in [-0.2, 0) is 28.6 Å². The Hall–Kier alpha value is -3.15. The smallest absolute Gasteiger partial charge is 0.306 e. The van der Waals surface area contributed by atoms with Gasteiger partial charge in [0, 0.05) is 19.3 Å². The van der Waals surface area contributed by atoms with Gasteiger partial charge in [-0.3, -0.25) is 14.4 Å². The van der Waals surface area contributed by atoms with Gasteiger partial charge in [-0.2, -0.15) is 0 Å². The summed E-state index contributed by atoms with van der Waals surface area (Å²) in [5, 5.41) is 0. The third-order valence-electron chi connectivity index (χ3n) is 13.2. The van der Waals surface area contributed by atoms with Crippen LogP contribution in [-0.4, -0.2) is 37.2 Å². The monoisotopic (exact) mass is 991 g/mol. The predicted molar refractivity (Wildman–Crippen MR) is 307 cm³/mol. The highest BCUT2D eigenvalue weighted by Crippen LogP contribution is 2.16. The second kappa shape index (κ2) is 59.4. The Morgan fingerprint density at radius 2 is 0.549 bits per heavy atom. The second-order valence-corrected chi connectivity index (χ2v) is 20.2. The van der Waals surface area contributed by atoms with Crippen molar-refractivity contribution in [1.29, 1.82) is 0 Å². The number of hydrogen-bond donors (Lipinski definition) is 0. The molecule has 0 aliphatic rings. The molecule has 6 heteroatoms. The lowest BCUT2D eigenvalue weighted by Gasteiger charge is -2.18. The lowest BCUT2D eigenvalue weighted by molar-refractivity contribution is -0.167. The molecule has 0 aliphatic carbocycles. The molecule has 0 spiro atoms. The highest BCUT2D eigenvalue weighted by molar-refractivity contribution is 5.71. The average Bonchev–Trinajstić information content (AvgIpc) is 3.37. The molecular formula is C65H114O6. The van der Waals surface area contributed by atoms with Gasteiger partial charge in [-0.25, -0.2) is 0 Å². The van der Waals surface area contributed by atoms with Crippen LogP contribution in [0.4, 0.5) is 0 Å². The number of hydrogen-bond acceptors (Lipinski definition) is 6. The Balaban J connectivity index is 4.35. The topological polar surface area (TPSA) is 78.9 Å². The van der Waals surface area contributed by atoms with Crippen molar-refractivity contribution in [2.24, 2.45) is 0 Å². The first-order chi connectivity index (χ1) is 35.0. The van der Waals surface area contributed by atoms with Crippen LogP contribution in [0.1, 0.15) is 303 Å². The number of carbonyl (C=O) groups excluding carboxylic acids is 3. The van der Waals surface area contributed by atoms with Crippen molar-refractivity contribution in [3.05, 3.63) is 72.9 Å². The molecule has 0 aromatic heterocycles. The standard InChI is InChI=1S/C65H114O6/c1-4-7-10-13-16-19-22-25-28-29-30-31-32-33-34-35-38-40-43-46-49-52-55-58-64(67)70-61-62(71-65(68)59-56-53-50-47-44-41-37-27-24-21-18-15-12-9-6-3)60-69-63(66)57-54-51-48-45-42-39-36-26-23-20-17-14-11-8-5-2/h9,12,18,21-22,25,27,29-30,37,44,47,62H,4-8,10-11,13-17,19-20,23-24,26,28,31-36,38-43,45-46,48-61H2,1-3H3/b12-9-,21-18-,25-22-,30-29-,37-27-,47-44-. The van der Waals surface area contributed by atoms with Crippen LogP contribution in [0, 0.1) is 0 Å². The number of ether oxygens (including phenoxy) is 3. The lowest BCUT2D eigenvalue weighted by Crippen LogP contribution is -2.30. The Labute approximate surface area is 440 Å². The molecule has 0 aromatic carbocycles. The van der Waals surface area contributed by atoms with E-state index in [1.54, 1.807) is 0 Å². The zero-order valence-electron chi connectivity index (χ0n) is 47.0. The molecule has 0 N–H and O–H groups in total. The maximum absolute atomic E-state index is 12.8. The molecule has 0 aliphatic heterocycles. The highest BCUT2D eigenvalue weighted by Gasteiger charge is 2.19. The van der Waals surface area contributed by atoms with Gasteiger partial charge in [-0.15, -0.1) is 0 Å². The third-order valence-corrected chi connectivity index (χ3v) is 13.2. The van der Waals surface area contributed by atoms with E-state index in [-0.39, 0.29) is 37.5 Å². The quantitative estimate of drug-likeness (QED) is 0.0261. The maximum Gasteiger partial charge on any atom is 0.306 e. The van der Waals surface area contributed by atoms with Crippen LogP contribution in [0.2, 0.25) is 0 Å². The van der Waals surface area contributed by atoms with Crippen molar-refractivity contribution in [1.82, 2.24) is 0 Å². The number of rotatable bonds is 55. The van der Waals surface area contributed by atoms with E-state index in [2.05, 4.69) is 93.7 Å². The van der Waals surface area contributed by atoms with E-state index in [1.165, 1.54) is 173 Å². The summed E-state index contributed by atoms with van der Waals surface area (Å²) in [5.41, 5.74) is 0. The fourth-order valence-corrected chi connectivity index (χ4v) is 8.64. The van der Waals surface area contributed by atoms with Gasteiger partial charge in [0.2, 0.25) is 0 Å². The minimum Gasteiger partial charge on any atom is -0.462 e. The van der Waals surface area contributed by atoms with Crippen molar-refractivity contribution >= 4 is 17.9 Å². The fraction of sp³-hybridized carbons (Fsp3) is 0.769. The van der Waals surface area contributed by atoms with Gasteiger partial charge in [0.25, 0.3) is 0 Å². The van der Waals surface area contributed by atoms with Crippen LogP contribution in [0.15, 0.2) is 72.9 Å². The maximum atomic E-state index is 12.8. The summed E-state index contributed by atoms with van der Waals surface area (Å²) < 4.78 is 16.9. The summed E-state index contributed by atoms with van der Waals surface area (Å²) in [5.74, 6) is -0.922. The van der Waals surface area contributed by atoms with E-state index in [0.717, 1.165) is 83.5 Å². The molecule has 1 unspecified atom stereocenters. The van der Waals surface area contributed by atoms with Crippen LogP contribution in [0.3, 0.4) is 0 Å². The Bertz CT molecular complexity index is 1320. The second-order valence-electron chi connectivity index (χ2n) is 20.2. The van der Waals surface area contributed by atoms with E-state index in [0.29, 0.717) is 19.3 Å². The molecule has 6 nitrogen and oxygen atoms in total. The highest BCUT2D eigenvalue weighted by atomic mass is 16.6. The molecule has 0 radical (unpaired) electrons. The Morgan fingerprint density at radius 1 is 0.296 bits per heavy atom. The van der Waals surface area contributed by atoms with E-state index in [1.807, 2.05) is 0 Å². The number of allylic oxidation sites excluding steroid dienone is 12. The van der Waals surface area contributed by atoms with Gasteiger partial charge < -0.3 is 14.2 Å². The number of unbranched alkanes of at least 4 members (excludes halogenated alkanes) is 32. The first kappa shape index (κ1) is 67.8. The van der Waals surface area contributed by atoms with Gasteiger partial charge in [-0.1, -0.05) is 267 Å². The van der Waals surface area contributed by atoms with Gasteiger partial charge >= 0.3 is 17.9 Å². The molecule has 410 valence electrons. The summed E-state index contributed by atoms with van der Waals surface area (Å²) in [7, 11) is 0. The SMILES string of the molecule is CC/C=C\C/C=C\C/C=C\C/C=C\CCCCC(=O)OC(COC(=O)CCCCCCCCCCCCC/C=C\C/C=C\CCCCCCC)COC(=O)CCCCCCCCCCCCCCCCC. The molecule has 0 saturated carbocycles. The van der Waals surface area contributed by atoms with Crippen LogP contribution in [0.25, 0.3) is 0 Å². The number of carbonyl (C=O) groups is 3. The minimum absolute atomic E-state index is 0.0899. The van der Waals surface area contributed by atoms with Gasteiger partial charge in [0.1, 0.15) is 13.2 Å². The Morgan fingerprint density at radius 3 is 0.887 bits per heavy atom. The van der Waals surface area contributed by atoms with E-state index < -0.39 is 6.10 Å². The first-order valence-electron chi connectivity index (χ1n) is 30.4. The van der Waals surface area contributed by atoms with Crippen molar-refractivity contribution in [2.45, 2.75) is 309 Å². The third kappa shape index (κ3) is 57.6. The predicted octanol–water partition coefficient (Wildman–Crippen LogP) is 20.5. The number of esters is 3. The molecule has 1 atom stereocenters. The molecule has 0 fully saturated rings. The molecule has 0 amide bonds. The molecule has 0 saturated heterocycles. The molecule has 0 bridgehead atoms. The van der Waals surface area contributed by atoms with Crippen LogP contribution in [0.5, 0.6) is 0 Å². The lowest BCUT2D eigenvalue weighted by atomic mass is 10.0. The molecule has 0 rings (SSSR count). The minimum atomic E-state index is -0.797. The van der Waals surface area contributed by atoms with Crippen molar-refractivity contribution in [3.8, 4) is 0 Å². The first-order valence-corrected chi connectivity index (χ1v) is 30.4. The zero-order valence-corrected chi connectivity index (χ0v) is 47.0.